The van der Waals surface area contributed by atoms with Crippen molar-refractivity contribution in [2.24, 2.45) is 0 Å². The second kappa shape index (κ2) is 6.55. The fourth-order valence-electron chi connectivity index (χ4n) is 1.92. The molecule has 0 saturated carbocycles. The van der Waals surface area contributed by atoms with Crippen molar-refractivity contribution in [3.8, 4) is 0 Å². The Morgan fingerprint density at radius 2 is 1.95 bits per heavy atom. The Morgan fingerprint density at radius 3 is 2.65 bits per heavy atom. The third-order valence-electron chi connectivity index (χ3n) is 3.05. The van der Waals surface area contributed by atoms with Crippen LogP contribution in [0.5, 0.6) is 0 Å². The molecule has 0 spiro atoms. The van der Waals surface area contributed by atoms with Gasteiger partial charge in [0.2, 0.25) is 5.28 Å². The number of hydrogen-bond donors (Lipinski definition) is 1. The minimum atomic E-state index is -0.0873. The van der Waals surface area contributed by atoms with E-state index in [0.29, 0.717) is 0 Å². The molecule has 0 aliphatic rings. The topological polar surface area (TPSA) is 37.8 Å². The molecule has 106 valence electrons. The molecule has 5 heteroatoms. The SMILES string of the molecule is CC(C)(CCc1ccccc1)Nc1nc(Cl)ncc1Br. The summed E-state index contributed by atoms with van der Waals surface area (Å²) in [5.41, 5.74) is 1.25. The van der Waals surface area contributed by atoms with Gasteiger partial charge in [-0.15, -0.1) is 0 Å². The van der Waals surface area contributed by atoms with E-state index in [1.807, 2.05) is 6.07 Å². The Hall–Kier alpha value is -1.13. The largest absolute Gasteiger partial charge is 0.364 e. The highest BCUT2D eigenvalue weighted by atomic mass is 79.9. The lowest BCUT2D eigenvalue weighted by molar-refractivity contribution is 0.516. The van der Waals surface area contributed by atoms with E-state index in [-0.39, 0.29) is 10.8 Å². The van der Waals surface area contributed by atoms with Crippen LogP contribution in [0, 0.1) is 0 Å². The van der Waals surface area contributed by atoms with Gasteiger partial charge in [-0.2, -0.15) is 4.98 Å². The van der Waals surface area contributed by atoms with Crippen LogP contribution in [0.4, 0.5) is 5.82 Å². The number of rotatable bonds is 5. The van der Waals surface area contributed by atoms with E-state index in [0.717, 1.165) is 23.1 Å². The van der Waals surface area contributed by atoms with E-state index in [9.17, 15) is 0 Å². The average Bonchev–Trinajstić information content (AvgIpc) is 2.42. The third kappa shape index (κ3) is 4.46. The van der Waals surface area contributed by atoms with Crippen LogP contribution in [0.25, 0.3) is 0 Å². The predicted octanol–water partition coefficient (Wildman–Crippen LogP) is 4.72. The van der Waals surface area contributed by atoms with Gasteiger partial charge in [0.1, 0.15) is 5.82 Å². The summed E-state index contributed by atoms with van der Waals surface area (Å²) in [4.78, 5) is 8.14. The van der Waals surface area contributed by atoms with Gasteiger partial charge in [-0.25, -0.2) is 4.98 Å². The Balaban J connectivity index is 2.01. The molecular formula is C15H17BrClN3. The lowest BCUT2D eigenvalue weighted by Crippen LogP contribution is -2.32. The summed E-state index contributed by atoms with van der Waals surface area (Å²) in [6.07, 6.45) is 3.66. The highest BCUT2D eigenvalue weighted by Crippen LogP contribution is 2.25. The molecule has 0 aliphatic heterocycles. The molecule has 1 N–H and O–H groups in total. The van der Waals surface area contributed by atoms with Crippen LogP contribution < -0.4 is 5.32 Å². The Labute approximate surface area is 132 Å². The fraction of sp³-hybridized carbons (Fsp3) is 0.333. The molecule has 20 heavy (non-hydrogen) atoms. The van der Waals surface area contributed by atoms with Gasteiger partial charge in [0.05, 0.1) is 4.47 Å². The van der Waals surface area contributed by atoms with Gasteiger partial charge in [0, 0.05) is 11.7 Å². The standard InChI is InChI=1S/C15H17BrClN3/c1-15(2,9-8-11-6-4-3-5-7-11)20-13-12(16)10-18-14(17)19-13/h3-7,10H,8-9H2,1-2H3,(H,18,19,20). The summed E-state index contributed by atoms with van der Waals surface area (Å²) in [5.74, 6) is 0.725. The van der Waals surface area contributed by atoms with Crippen LogP contribution in [0.1, 0.15) is 25.8 Å². The lowest BCUT2D eigenvalue weighted by atomic mass is 9.95. The molecule has 2 rings (SSSR count). The van der Waals surface area contributed by atoms with Crippen LogP contribution in [-0.2, 0) is 6.42 Å². The van der Waals surface area contributed by atoms with Crippen molar-refractivity contribution < 1.29 is 0 Å². The van der Waals surface area contributed by atoms with Crippen LogP contribution in [0.2, 0.25) is 5.28 Å². The van der Waals surface area contributed by atoms with Crippen molar-refractivity contribution in [1.82, 2.24) is 9.97 Å². The maximum Gasteiger partial charge on any atom is 0.224 e. The maximum atomic E-state index is 5.84. The summed E-state index contributed by atoms with van der Waals surface area (Å²) < 4.78 is 0.815. The lowest BCUT2D eigenvalue weighted by Gasteiger charge is -2.27. The van der Waals surface area contributed by atoms with Crippen molar-refractivity contribution in [3.05, 3.63) is 51.8 Å². The van der Waals surface area contributed by atoms with Gasteiger partial charge in [-0.1, -0.05) is 30.3 Å². The van der Waals surface area contributed by atoms with Crippen molar-refractivity contribution in [3.63, 3.8) is 0 Å². The van der Waals surface area contributed by atoms with Crippen LogP contribution in [0.15, 0.2) is 41.0 Å². The molecule has 3 nitrogen and oxygen atoms in total. The smallest absolute Gasteiger partial charge is 0.224 e. The first kappa shape index (κ1) is 15.3. The van der Waals surface area contributed by atoms with Crippen LogP contribution in [-0.4, -0.2) is 15.5 Å². The zero-order chi connectivity index (χ0) is 14.6. The average molecular weight is 355 g/mol. The zero-order valence-electron chi connectivity index (χ0n) is 11.5. The number of aromatic nitrogens is 2. The molecule has 0 bridgehead atoms. The molecule has 0 amide bonds. The van der Waals surface area contributed by atoms with E-state index in [1.54, 1.807) is 6.20 Å². The molecule has 0 radical (unpaired) electrons. The van der Waals surface area contributed by atoms with Crippen molar-refractivity contribution >= 4 is 33.3 Å². The second-order valence-corrected chi connectivity index (χ2v) is 6.52. The number of hydrogen-bond acceptors (Lipinski definition) is 3. The minimum absolute atomic E-state index is 0.0873. The van der Waals surface area contributed by atoms with E-state index >= 15 is 0 Å². The van der Waals surface area contributed by atoms with E-state index in [1.165, 1.54) is 5.56 Å². The number of aryl methyl sites for hydroxylation is 1. The molecular weight excluding hydrogens is 338 g/mol. The second-order valence-electron chi connectivity index (χ2n) is 5.33. The van der Waals surface area contributed by atoms with Gasteiger partial charge < -0.3 is 5.32 Å². The Morgan fingerprint density at radius 1 is 1.25 bits per heavy atom. The quantitative estimate of drug-likeness (QED) is 0.790. The zero-order valence-corrected chi connectivity index (χ0v) is 13.9. The Bertz CT molecular complexity index is 573. The summed E-state index contributed by atoms with van der Waals surface area (Å²) in [6, 6.07) is 10.5. The Kier molecular flexibility index (Phi) is 5.00. The summed E-state index contributed by atoms with van der Waals surface area (Å²) in [5, 5.41) is 3.66. The van der Waals surface area contributed by atoms with Gasteiger partial charge in [-0.3, -0.25) is 0 Å². The normalized spacial score (nSPS) is 11.4. The summed E-state index contributed by atoms with van der Waals surface area (Å²) in [7, 11) is 0. The molecule has 0 fully saturated rings. The first-order valence-corrected chi connectivity index (χ1v) is 7.63. The fourth-order valence-corrected chi connectivity index (χ4v) is 2.34. The molecule has 1 aromatic carbocycles. The van der Waals surface area contributed by atoms with E-state index < -0.39 is 0 Å². The van der Waals surface area contributed by atoms with E-state index in [4.69, 9.17) is 11.6 Å². The number of nitrogens with one attached hydrogen (secondary N) is 1. The molecule has 0 saturated heterocycles. The van der Waals surface area contributed by atoms with E-state index in [2.05, 4.69) is 69.3 Å². The van der Waals surface area contributed by atoms with Crippen molar-refractivity contribution in [2.45, 2.75) is 32.2 Å². The van der Waals surface area contributed by atoms with Gasteiger partial charge >= 0.3 is 0 Å². The number of halogens is 2. The summed E-state index contributed by atoms with van der Waals surface area (Å²) in [6.45, 7) is 4.30. The molecule has 0 unspecified atom stereocenters. The minimum Gasteiger partial charge on any atom is -0.364 e. The first-order chi connectivity index (χ1) is 9.46. The third-order valence-corrected chi connectivity index (χ3v) is 3.82. The predicted molar refractivity (Wildman–Crippen MR) is 87.2 cm³/mol. The van der Waals surface area contributed by atoms with Crippen molar-refractivity contribution in [1.29, 1.82) is 0 Å². The molecule has 2 aromatic rings. The van der Waals surface area contributed by atoms with Gasteiger partial charge in [-0.05, 0) is 59.8 Å². The van der Waals surface area contributed by atoms with Crippen molar-refractivity contribution in [2.75, 3.05) is 5.32 Å². The molecule has 1 aromatic heterocycles. The maximum absolute atomic E-state index is 5.84. The highest BCUT2D eigenvalue weighted by Gasteiger charge is 2.19. The number of benzene rings is 1. The number of nitrogens with zero attached hydrogens (tertiary/aromatic N) is 2. The monoisotopic (exact) mass is 353 g/mol. The van der Waals surface area contributed by atoms with Gasteiger partial charge in [0.15, 0.2) is 0 Å². The molecule has 0 atom stereocenters. The van der Waals surface area contributed by atoms with Crippen LogP contribution in [0.3, 0.4) is 0 Å². The summed E-state index contributed by atoms with van der Waals surface area (Å²) >= 11 is 9.27. The van der Waals surface area contributed by atoms with Crippen LogP contribution >= 0.6 is 27.5 Å². The van der Waals surface area contributed by atoms with Gasteiger partial charge in [0.25, 0.3) is 0 Å². The first-order valence-electron chi connectivity index (χ1n) is 6.46. The molecule has 1 heterocycles. The molecule has 0 aliphatic carbocycles. The number of anilines is 1. The highest BCUT2D eigenvalue weighted by molar-refractivity contribution is 9.10.